The minimum absolute atomic E-state index is 0.844. The first-order valence-electron chi connectivity index (χ1n) is 13.7. The second-order valence-corrected chi connectivity index (χ2v) is 11.6. The molecule has 190 valence electrons. The van der Waals surface area contributed by atoms with Crippen LogP contribution in [0.1, 0.15) is 17.5 Å². The number of halogens is 1. The fourth-order valence-electron chi connectivity index (χ4n) is 6.60. The quantitative estimate of drug-likeness (QED) is 0.192. The highest BCUT2D eigenvalue weighted by Gasteiger charge is 2.17. The molecule has 0 radical (unpaired) electrons. The number of fused-ring (bicyclic) bond motifs is 2. The SMILES string of the molecule is Brc1ccc(N2Cc3ccc4c(c3)c3ccccc3n4CCCn3c4ccccc4c4cc(ccc43)C2)cc1. The molecule has 0 N–H and O–H groups in total. The molecule has 4 aliphatic heterocycles. The van der Waals surface area contributed by atoms with Gasteiger partial charge >= 0.3 is 0 Å². The van der Waals surface area contributed by atoms with Crippen molar-refractivity contribution in [1.29, 1.82) is 0 Å². The Morgan fingerprint density at radius 2 is 0.974 bits per heavy atom. The molecule has 0 atom stereocenters. The molecule has 2 aromatic heterocycles. The molecule has 8 bridgehead atoms. The Hall–Kier alpha value is -4.02. The Balaban J connectivity index is 1.36. The smallest absolute Gasteiger partial charge is 0.0491 e. The second kappa shape index (κ2) is 9.03. The molecule has 3 nitrogen and oxygen atoms in total. The summed E-state index contributed by atoms with van der Waals surface area (Å²) in [6.45, 7) is 3.66. The maximum absolute atomic E-state index is 3.62. The monoisotopic (exact) mass is 569 g/mol. The summed E-state index contributed by atoms with van der Waals surface area (Å²) in [7, 11) is 0. The van der Waals surface area contributed by atoms with Gasteiger partial charge in [0.2, 0.25) is 0 Å². The van der Waals surface area contributed by atoms with E-state index in [1.165, 1.54) is 60.4 Å². The van der Waals surface area contributed by atoms with Crippen LogP contribution in [0.3, 0.4) is 0 Å². The maximum Gasteiger partial charge on any atom is 0.0491 e. The topological polar surface area (TPSA) is 13.1 Å². The first-order chi connectivity index (χ1) is 19.2. The lowest BCUT2D eigenvalue weighted by Crippen LogP contribution is -2.22. The van der Waals surface area contributed by atoms with E-state index in [2.05, 4.69) is 139 Å². The van der Waals surface area contributed by atoms with E-state index < -0.39 is 0 Å². The van der Waals surface area contributed by atoms with E-state index in [4.69, 9.17) is 0 Å². The van der Waals surface area contributed by atoms with Gasteiger partial charge in [-0.25, -0.2) is 0 Å². The third-order valence-corrected chi connectivity index (χ3v) is 8.90. The molecule has 0 unspecified atom stereocenters. The third-order valence-electron chi connectivity index (χ3n) is 8.38. The number of hydrogen-bond donors (Lipinski definition) is 0. The zero-order valence-corrected chi connectivity index (χ0v) is 23.2. The zero-order chi connectivity index (χ0) is 25.9. The van der Waals surface area contributed by atoms with Gasteiger partial charge in [-0.3, -0.25) is 0 Å². The average Bonchev–Trinajstić information content (AvgIpc) is 3.45. The van der Waals surface area contributed by atoms with Crippen LogP contribution in [0.5, 0.6) is 0 Å². The molecular weight excluding hydrogens is 542 g/mol. The standard InChI is InChI=1S/C35H28BrN3/c36-26-12-14-27(15-13-26)37-22-24-10-16-34-30(20-24)28-6-1-3-8-32(28)38(34)18-5-19-39-33-9-4-2-7-29(33)31-21-25(23-37)11-17-35(31)39/h1-4,6-17,20-21H,5,18-19,22-23H2. The summed E-state index contributed by atoms with van der Waals surface area (Å²) in [5.74, 6) is 0. The number of anilines is 1. The molecular formula is C35H28BrN3. The van der Waals surface area contributed by atoms with Gasteiger partial charge in [-0.05, 0) is 78.2 Å². The highest BCUT2D eigenvalue weighted by atomic mass is 79.9. The Kier molecular flexibility index (Phi) is 5.31. The van der Waals surface area contributed by atoms with E-state index in [0.717, 1.165) is 37.1 Å². The van der Waals surface area contributed by atoms with Gasteiger partial charge < -0.3 is 14.0 Å². The number of nitrogens with zero attached hydrogens (tertiary/aromatic N) is 3. The average molecular weight is 571 g/mol. The molecule has 5 aromatic carbocycles. The minimum atomic E-state index is 0.844. The van der Waals surface area contributed by atoms with Gasteiger partial charge in [-0.1, -0.05) is 64.5 Å². The third kappa shape index (κ3) is 3.77. The van der Waals surface area contributed by atoms with E-state index in [1.807, 2.05) is 0 Å². The van der Waals surface area contributed by atoms with Crippen molar-refractivity contribution in [3.63, 3.8) is 0 Å². The van der Waals surface area contributed by atoms with Gasteiger partial charge in [0.1, 0.15) is 0 Å². The van der Waals surface area contributed by atoms with Crippen LogP contribution in [0, 0.1) is 0 Å². The summed E-state index contributed by atoms with van der Waals surface area (Å²) in [5, 5.41) is 5.39. The molecule has 0 aliphatic carbocycles. The molecule has 11 rings (SSSR count). The van der Waals surface area contributed by atoms with Crippen molar-refractivity contribution in [2.45, 2.75) is 32.6 Å². The van der Waals surface area contributed by atoms with Crippen LogP contribution in [0.2, 0.25) is 0 Å². The van der Waals surface area contributed by atoms with Gasteiger partial charge in [-0.15, -0.1) is 0 Å². The van der Waals surface area contributed by atoms with E-state index in [0.29, 0.717) is 0 Å². The van der Waals surface area contributed by atoms with Crippen LogP contribution in [-0.2, 0) is 26.2 Å². The number of benzene rings is 5. The summed E-state index contributed by atoms with van der Waals surface area (Å²) in [6, 6.07) is 40.7. The van der Waals surface area contributed by atoms with Crippen molar-refractivity contribution in [3.8, 4) is 0 Å². The summed E-state index contributed by atoms with van der Waals surface area (Å²) in [5.41, 5.74) is 9.19. The van der Waals surface area contributed by atoms with Crippen LogP contribution >= 0.6 is 15.9 Å². The van der Waals surface area contributed by atoms with Crippen LogP contribution in [0.15, 0.2) is 114 Å². The lowest BCUT2D eigenvalue weighted by Gasteiger charge is -2.26. The van der Waals surface area contributed by atoms with Crippen molar-refractivity contribution >= 4 is 65.2 Å². The first kappa shape index (κ1) is 22.9. The zero-order valence-electron chi connectivity index (χ0n) is 21.6. The maximum atomic E-state index is 3.62. The Labute approximate surface area is 236 Å². The predicted octanol–water partition coefficient (Wildman–Crippen LogP) is 9.28. The van der Waals surface area contributed by atoms with Crippen LogP contribution in [-0.4, -0.2) is 9.13 Å². The van der Waals surface area contributed by atoms with Gasteiger partial charge in [-0.2, -0.15) is 0 Å². The number of aryl methyl sites for hydroxylation is 2. The summed E-state index contributed by atoms with van der Waals surface area (Å²) >= 11 is 3.62. The van der Waals surface area contributed by atoms with E-state index in [9.17, 15) is 0 Å². The number of rotatable bonds is 1. The molecule has 4 heteroatoms. The minimum Gasteiger partial charge on any atom is -0.363 e. The van der Waals surface area contributed by atoms with Crippen LogP contribution in [0.4, 0.5) is 5.69 Å². The lowest BCUT2D eigenvalue weighted by molar-refractivity contribution is 0.602. The molecule has 0 saturated carbocycles. The van der Waals surface area contributed by atoms with Crippen molar-refractivity contribution < 1.29 is 0 Å². The first-order valence-corrected chi connectivity index (χ1v) is 14.5. The second-order valence-electron chi connectivity index (χ2n) is 10.7. The Bertz CT molecular complexity index is 1890. The molecule has 6 heterocycles. The largest absolute Gasteiger partial charge is 0.363 e. The van der Waals surface area contributed by atoms with E-state index in [-0.39, 0.29) is 0 Å². The van der Waals surface area contributed by atoms with Crippen LogP contribution in [0.25, 0.3) is 43.6 Å². The van der Waals surface area contributed by atoms with Gasteiger partial charge in [0, 0.05) is 80.0 Å². The van der Waals surface area contributed by atoms with Crippen molar-refractivity contribution in [1.82, 2.24) is 9.13 Å². The Morgan fingerprint density at radius 3 is 1.51 bits per heavy atom. The fourth-order valence-corrected chi connectivity index (χ4v) is 6.86. The number of para-hydroxylation sites is 2. The predicted molar refractivity (Wildman–Crippen MR) is 168 cm³/mol. The van der Waals surface area contributed by atoms with Crippen molar-refractivity contribution in [2.24, 2.45) is 0 Å². The molecule has 0 saturated heterocycles. The summed E-state index contributed by atoms with van der Waals surface area (Å²) in [6.07, 6.45) is 1.07. The highest BCUT2D eigenvalue weighted by Crippen LogP contribution is 2.34. The van der Waals surface area contributed by atoms with Crippen molar-refractivity contribution in [2.75, 3.05) is 4.90 Å². The molecule has 39 heavy (non-hydrogen) atoms. The van der Waals surface area contributed by atoms with Gasteiger partial charge in [0.05, 0.1) is 0 Å². The number of hydrogen-bond acceptors (Lipinski definition) is 1. The normalized spacial score (nSPS) is 14.2. The highest BCUT2D eigenvalue weighted by molar-refractivity contribution is 9.10. The van der Waals surface area contributed by atoms with Gasteiger partial charge in [0.25, 0.3) is 0 Å². The van der Waals surface area contributed by atoms with E-state index >= 15 is 0 Å². The fraction of sp³-hybridized carbons (Fsp3) is 0.143. The lowest BCUT2D eigenvalue weighted by atomic mass is 10.1. The number of aromatic nitrogens is 2. The molecule has 0 amide bonds. The molecule has 7 aromatic rings. The summed E-state index contributed by atoms with van der Waals surface area (Å²) in [4.78, 5) is 2.50. The summed E-state index contributed by atoms with van der Waals surface area (Å²) < 4.78 is 6.15. The molecule has 0 fully saturated rings. The molecule has 0 spiro atoms. The van der Waals surface area contributed by atoms with Crippen LogP contribution < -0.4 is 4.90 Å². The molecule has 4 aliphatic rings. The van der Waals surface area contributed by atoms with Crippen molar-refractivity contribution in [3.05, 3.63) is 125 Å². The van der Waals surface area contributed by atoms with E-state index in [1.54, 1.807) is 0 Å². The Morgan fingerprint density at radius 1 is 0.487 bits per heavy atom. The van der Waals surface area contributed by atoms with Gasteiger partial charge in [0.15, 0.2) is 0 Å².